The molecule has 0 unspecified atom stereocenters. The third-order valence-corrected chi connectivity index (χ3v) is 2.46. The minimum atomic E-state index is 0.613. The van der Waals surface area contributed by atoms with E-state index in [0.29, 0.717) is 16.4 Å². The van der Waals surface area contributed by atoms with Crippen molar-refractivity contribution < 1.29 is 0 Å². The van der Waals surface area contributed by atoms with Crippen LogP contribution in [0.25, 0.3) is 11.1 Å². The molecule has 0 spiro atoms. The minimum Gasteiger partial charge on any atom is -0.399 e. The average Bonchev–Trinajstić information content (AvgIpc) is 2.23. The molecule has 1 aromatic heterocycles. The summed E-state index contributed by atoms with van der Waals surface area (Å²) in [6, 6.07) is 7.02. The van der Waals surface area contributed by atoms with Crippen LogP contribution < -0.4 is 11.5 Å². The number of rotatable bonds is 1. The molecule has 0 radical (unpaired) electrons. The topological polar surface area (TPSA) is 64.9 Å². The Hall–Kier alpha value is -1.74. The molecule has 3 nitrogen and oxygen atoms in total. The van der Waals surface area contributed by atoms with E-state index < -0.39 is 0 Å². The highest BCUT2D eigenvalue weighted by Gasteiger charge is 2.06. The summed E-state index contributed by atoms with van der Waals surface area (Å²) in [6.07, 6.45) is 3.31. The fourth-order valence-electron chi connectivity index (χ4n) is 1.38. The predicted molar refractivity (Wildman–Crippen MR) is 63.5 cm³/mol. The second kappa shape index (κ2) is 3.79. The van der Waals surface area contributed by atoms with E-state index in [0.717, 1.165) is 11.1 Å². The molecule has 0 bridgehead atoms. The Morgan fingerprint density at radius 3 is 2.60 bits per heavy atom. The number of benzene rings is 1. The molecule has 0 saturated carbocycles. The smallest absolute Gasteiger partial charge is 0.0515 e. The van der Waals surface area contributed by atoms with Crippen LogP contribution in [-0.2, 0) is 0 Å². The zero-order chi connectivity index (χ0) is 10.8. The van der Waals surface area contributed by atoms with Crippen LogP contribution in [0.1, 0.15) is 0 Å². The van der Waals surface area contributed by atoms with Gasteiger partial charge in [0.15, 0.2) is 0 Å². The van der Waals surface area contributed by atoms with Gasteiger partial charge in [0.25, 0.3) is 0 Å². The molecular formula is C11H10ClN3. The molecule has 2 aromatic rings. The summed E-state index contributed by atoms with van der Waals surface area (Å²) in [4.78, 5) is 4.01. The second-order valence-corrected chi connectivity index (χ2v) is 3.61. The Balaban J connectivity index is 2.64. The van der Waals surface area contributed by atoms with Crippen molar-refractivity contribution in [3.63, 3.8) is 0 Å². The SMILES string of the molecule is Nc1ccc(N)c(-c2cnccc2Cl)c1. The highest BCUT2D eigenvalue weighted by molar-refractivity contribution is 6.33. The van der Waals surface area contributed by atoms with Crippen LogP contribution >= 0.6 is 11.6 Å². The summed E-state index contributed by atoms with van der Waals surface area (Å²) >= 11 is 6.05. The van der Waals surface area contributed by atoms with E-state index in [2.05, 4.69) is 4.98 Å². The van der Waals surface area contributed by atoms with E-state index in [1.54, 1.807) is 36.7 Å². The summed E-state index contributed by atoms with van der Waals surface area (Å²) in [5.74, 6) is 0. The molecule has 0 atom stereocenters. The van der Waals surface area contributed by atoms with Crippen LogP contribution in [0, 0.1) is 0 Å². The molecule has 0 fully saturated rings. The number of halogens is 1. The van der Waals surface area contributed by atoms with Crippen LogP contribution in [0.3, 0.4) is 0 Å². The van der Waals surface area contributed by atoms with Gasteiger partial charge in [0, 0.05) is 34.9 Å². The standard InChI is InChI=1S/C11H10ClN3/c12-10-3-4-15-6-9(10)8-5-7(13)1-2-11(8)14/h1-6H,13-14H2. The minimum absolute atomic E-state index is 0.613. The van der Waals surface area contributed by atoms with Crippen molar-refractivity contribution >= 4 is 23.0 Å². The number of nitrogen functional groups attached to an aromatic ring is 2. The number of nitrogens with zero attached hydrogens (tertiary/aromatic N) is 1. The maximum absolute atomic E-state index is 6.05. The third kappa shape index (κ3) is 1.87. The van der Waals surface area contributed by atoms with Gasteiger partial charge in [0.05, 0.1) is 5.02 Å². The van der Waals surface area contributed by atoms with Crippen LogP contribution in [0.2, 0.25) is 5.02 Å². The molecule has 4 N–H and O–H groups in total. The molecule has 1 heterocycles. The average molecular weight is 220 g/mol. The molecular weight excluding hydrogens is 210 g/mol. The van der Waals surface area contributed by atoms with Gasteiger partial charge in [-0.1, -0.05) is 11.6 Å². The van der Waals surface area contributed by atoms with Crippen molar-refractivity contribution in [3.05, 3.63) is 41.7 Å². The van der Waals surface area contributed by atoms with Gasteiger partial charge >= 0.3 is 0 Å². The molecule has 0 amide bonds. The molecule has 76 valence electrons. The van der Waals surface area contributed by atoms with Gasteiger partial charge in [0.2, 0.25) is 0 Å². The van der Waals surface area contributed by atoms with Gasteiger partial charge < -0.3 is 11.5 Å². The fraction of sp³-hybridized carbons (Fsp3) is 0. The number of aromatic nitrogens is 1. The maximum Gasteiger partial charge on any atom is 0.0515 e. The number of pyridine rings is 1. The number of anilines is 2. The molecule has 0 aliphatic carbocycles. The largest absolute Gasteiger partial charge is 0.399 e. The molecule has 0 aliphatic heterocycles. The first-order valence-corrected chi connectivity index (χ1v) is 4.81. The lowest BCUT2D eigenvalue weighted by Gasteiger charge is -2.07. The molecule has 0 aliphatic rings. The number of hydrogen-bond acceptors (Lipinski definition) is 3. The summed E-state index contributed by atoms with van der Waals surface area (Å²) in [5.41, 5.74) is 14.4. The highest BCUT2D eigenvalue weighted by Crippen LogP contribution is 2.32. The Kier molecular flexibility index (Phi) is 2.47. The van der Waals surface area contributed by atoms with E-state index >= 15 is 0 Å². The van der Waals surface area contributed by atoms with Crippen molar-refractivity contribution in [2.75, 3.05) is 11.5 Å². The third-order valence-electron chi connectivity index (χ3n) is 2.14. The first kappa shape index (κ1) is 9.80. The van der Waals surface area contributed by atoms with Crippen LogP contribution in [0.15, 0.2) is 36.7 Å². The summed E-state index contributed by atoms with van der Waals surface area (Å²) in [5, 5.41) is 0.613. The zero-order valence-electron chi connectivity index (χ0n) is 7.94. The van der Waals surface area contributed by atoms with E-state index in [4.69, 9.17) is 23.1 Å². The second-order valence-electron chi connectivity index (χ2n) is 3.20. The first-order chi connectivity index (χ1) is 7.18. The zero-order valence-corrected chi connectivity index (χ0v) is 8.70. The van der Waals surface area contributed by atoms with Crippen LogP contribution in [0.4, 0.5) is 11.4 Å². The fourth-order valence-corrected chi connectivity index (χ4v) is 1.59. The Bertz CT molecular complexity index is 497. The van der Waals surface area contributed by atoms with Crippen molar-refractivity contribution in [1.29, 1.82) is 0 Å². The lowest BCUT2D eigenvalue weighted by atomic mass is 10.1. The van der Waals surface area contributed by atoms with Gasteiger partial charge in [-0.3, -0.25) is 4.98 Å². The molecule has 2 rings (SSSR count). The molecule has 15 heavy (non-hydrogen) atoms. The summed E-state index contributed by atoms with van der Waals surface area (Å²) < 4.78 is 0. The van der Waals surface area contributed by atoms with Crippen molar-refractivity contribution in [2.45, 2.75) is 0 Å². The van der Waals surface area contributed by atoms with Crippen molar-refractivity contribution in [1.82, 2.24) is 4.98 Å². The Morgan fingerprint density at radius 2 is 1.87 bits per heavy atom. The van der Waals surface area contributed by atoms with Crippen LogP contribution in [0.5, 0.6) is 0 Å². The van der Waals surface area contributed by atoms with Crippen molar-refractivity contribution in [2.24, 2.45) is 0 Å². The number of hydrogen-bond donors (Lipinski definition) is 2. The molecule has 1 aromatic carbocycles. The lowest BCUT2D eigenvalue weighted by molar-refractivity contribution is 1.33. The van der Waals surface area contributed by atoms with E-state index in [1.807, 2.05) is 0 Å². The highest BCUT2D eigenvalue weighted by atomic mass is 35.5. The summed E-state index contributed by atoms with van der Waals surface area (Å²) in [6.45, 7) is 0. The van der Waals surface area contributed by atoms with E-state index in [1.165, 1.54) is 0 Å². The normalized spacial score (nSPS) is 10.2. The van der Waals surface area contributed by atoms with Gasteiger partial charge in [-0.05, 0) is 24.3 Å². The van der Waals surface area contributed by atoms with Gasteiger partial charge in [-0.15, -0.1) is 0 Å². The molecule has 4 heteroatoms. The summed E-state index contributed by atoms with van der Waals surface area (Å²) in [7, 11) is 0. The maximum atomic E-state index is 6.05. The Labute approximate surface area is 92.7 Å². The molecule has 0 saturated heterocycles. The van der Waals surface area contributed by atoms with Gasteiger partial charge in [-0.2, -0.15) is 0 Å². The monoisotopic (exact) mass is 219 g/mol. The van der Waals surface area contributed by atoms with E-state index in [-0.39, 0.29) is 0 Å². The van der Waals surface area contributed by atoms with Gasteiger partial charge in [-0.25, -0.2) is 0 Å². The first-order valence-electron chi connectivity index (χ1n) is 4.43. The Morgan fingerprint density at radius 1 is 1.07 bits per heavy atom. The number of nitrogens with two attached hydrogens (primary N) is 2. The van der Waals surface area contributed by atoms with Gasteiger partial charge in [0.1, 0.15) is 0 Å². The quantitative estimate of drug-likeness (QED) is 0.725. The predicted octanol–water partition coefficient (Wildman–Crippen LogP) is 2.57. The van der Waals surface area contributed by atoms with Crippen molar-refractivity contribution in [3.8, 4) is 11.1 Å². The lowest BCUT2D eigenvalue weighted by Crippen LogP contribution is -1.93. The van der Waals surface area contributed by atoms with Crippen LogP contribution in [-0.4, -0.2) is 4.98 Å². The van der Waals surface area contributed by atoms with E-state index in [9.17, 15) is 0 Å².